The molecule has 0 saturated heterocycles. The summed E-state index contributed by atoms with van der Waals surface area (Å²) in [5.41, 5.74) is 0.453. The number of guanidine groups is 1. The fraction of sp³-hybridized carbons (Fsp3) is 0.556. The Bertz CT molecular complexity index is 565. The topological polar surface area (TPSA) is 74.8 Å². The predicted molar refractivity (Wildman–Crippen MR) is 114 cm³/mol. The number of aliphatic imine (C=N–C) groups is 1. The summed E-state index contributed by atoms with van der Waals surface area (Å²) in [6, 6.07) is 5.93. The summed E-state index contributed by atoms with van der Waals surface area (Å²) in [7, 11) is 1.66. The van der Waals surface area contributed by atoms with E-state index < -0.39 is 0 Å². The quantitative estimate of drug-likeness (QED) is 0.219. The van der Waals surface area contributed by atoms with E-state index in [4.69, 9.17) is 4.74 Å². The van der Waals surface area contributed by atoms with Gasteiger partial charge in [-0.3, -0.25) is 9.79 Å². The molecule has 0 aliphatic heterocycles. The number of methoxy groups -OCH3 is 1. The Balaban J connectivity index is 0.00000625. The number of halogens is 2. The van der Waals surface area contributed by atoms with Gasteiger partial charge in [0.15, 0.2) is 5.96 Å². The zero-order valence-electron chi connectivity index (χ0n) is 15.9. The van der Waals surface area contributed by atoms with Crippen LogP contribution in [-0.2, 0) is 16.0 Å². The molecule has 8 heteroatoms. The molecule has 0 bridgehead atoms. The number of hydrogen-bond acceptors (Lipinski definition) is 3. The van der Waals surface area contributed by atoms with Gasteiger partial charge in [0.25, 0.3) is 0 Å². The number of carbonyl (C=O) groups excluding carboxylic acids is 1. The third-order valence-electron chi connectivity index (χ3n) is 3.53. The number of benzene rings is 1. The maximum absolute atomic E-state index is 12.8. The Morgan fingerprint density at radius 2 is 1.77 bits per heavy atom. The second-order valence-electron chi connectivity index (χ2n) is 6.24. The summed E-state index contributed by atoms with van der Waals surface area (Å²) in [5.74, 6) is 0.275. The minimum atomic E-state index is -0.328. The van der Waals surface area contributed by atoms with Crippen molar-refractivity contribution in [3.05, 3.63) is 35.6 Å². The smallest absolute Gasteiger partial charge is 0.224 e. The molecule has 1 rings (SSSR count). The number of ether oxygens (including phenoxy) is 1. The SMILES string of the molecule is CCNC(=NCC(C)(C)OC)NCCNC(=O)Cc1ccc(F)cc1.I. The normalized spacial score (nSPS) is 11.5. The average Bonchev–Trinajstić information content (AvgIpc) is 2.58. The van der Waals surface area contributed by atoms with Crippen molar-refractivity contribution in [2.75, 3.05) is 33.3 Å². The number of amides is 1. The molecule has 26 heavy (non-hydrogen) atoms. The van der Waals surface area contributed by atoms with Crippen LogP contribution in [-0.4, -0.2) is 50.8 Å². The minimum absolute atomic E-state index is 0. The first-order chi connectivity index (χ1) is 11.9. The van der Waals surface area contributed by atoms with Crippen molar-refractivity contribution in [1.82, 2.24) is 16.0 Å². The van der Waals surface area contributed by atoms with Crippen LogP contribution in [0.15, 0.2) is 29.3 Å². The zero-order chi connectivity index (χ0) is 18.7. The molecule has 0 aliphatic carbocycles. The van der Waals surface area contributed by atoms with Gasteiger partial charge in [-0.15, -0.1) is 24.0 Å². The highest BCUT2D eigenvalue weighted by Gasteiger charge is 2.15. The lowest BCUT2D eigenvalue weighted by Crippen LogP contribution is -2.42. The van der Waals surface area contributed by atoms with Crippen LogP contribution in [0.3, 0.4) is 0 Å². The molecule has 0 spiro atoms. The standard InChI is InChI=1S/C18H29FN4O2.HI/c1-5-20-17(23-13-18(2,3)25-4)22-11-10-21-16(24)12-14-6-8-15(19)9-7-14;/h6-9H,5,10-13H2,1-4H3,(H,21,24)(H2,20,22,23);1H. The van der Waals surface area contributed by atoms with Crippen molar-refractivity contribution in [2.45, 2.75) is 32.8 Å². The molecule has 0 aromatic heterocycles. The monoisotopic (exact) mass is 480 g/mol. The molecular weight excluding hydrogens is 450 g/mol. The van der Waals surface area contributed by atoms with E-state index in [1.807, 2.05) is 20.8 Å². The van der Waals surface area contributed by atoms with Gasteiger partial charge in [0, 0.05) is 26.7 Å². The molecule has 0 radical (unpaired) electrons. The Labute approximate surface area is 172 Å². The van der Waals surface area contributed by atoms with Gasteiger partial charge in [-0.2, -0.15) is 0 Å². The van der Waals surface area contributed by atoms with E-state index in [1.165, 1.54) is 12.1 Å². The van der Waals surface area contributed by atoms with E-state index >= 15 is 0 Å². The predicted octanol–water partition coefficient (Wildman–Crippen LogP) is 2.08. The number of nitrogens with one attached hydrogen (secondary N) is 3. The zero-order valence-corrected chi connectivity index (χ0v) is 18.2. The lowest BCUT2D eigenvalue weighted by atomic mass is 10.1. The van der Waals surface area contributed by atoms with Crippen molar-refractivity contribution < 1.29 is 13.9 Å². The van der Waals surface area contributed by atoms with Crippen LogP contribution in [0.25, 0.3) is 0 Å². The van der Waals surface area contributed by atoms with E-state index in [1.54, 1.807) is 19.2 Å². The first kappa shape index (κ1) is 24.6. The molecule has 3 N–H and O–H groups in total. The summed E-state index contributed by atoms with van der Waals surface area (Å²) in [6.07, 6.45) is 0.233. The van der Waals surface area contributed by atoms with Crippen molar-refractivity contribution in [3.8, 4) is 0 Å². The van der Waals surface area contributed by atoms with Crippen LogP contribution in [0.5, 0.6) is 0 Å². The number of hydrogen-bond donors (Lipinski definition) is 3. The molecule has 0 fully saturated rings. The van der Waals surface area contributed by atoms with Crippen molar-refractivity contribution in [2.24, 2.45) is 4.99 Å². The highest BCUT2D eigenvalue weighted by Crippen LogP contribution is 2.06. The van der Waals surface area contributed by atoms with Crippen molar-refractivity contribution in [1.29, 1.82) is 0 Å². The maximum atomic E-state index is 12.8. The fourth-order valence-corrected chi connectivity index (χ4v) is 1.91. The van der Waals surface area contributed by atoms with Gasteiger partial charge in [0.2, 0.25) is 5.91 Å². The maximum Gasteiger partial charge on any atom is 0.224 e. The molecule has 1 aromatic carbocycles. The van der Waals surface area contributed by atoms with E-state index in [0.29, 0.717) is 25.6 Å². The van der Waals surface area contributed by atoms with Gasteiger partial charge in [-0.05, 0) is 38.5 Å². The molecule has 0 heterocycles. The second kappa shape index (κ2) is 12.9. The number of nitrogens with zero attached hydrogens (tertiary/aromatic N) is 1. The lowest BCUT2D eigenvalue weighted by molar-refractivity contribution is -0.120. The molecule has 1 aromatic rings. The molecule has 6 nitrogen and oxygen atoms in total. The van der Waals surface area contributed by atoms with Crippen LogP contribution in [0.1, 0.15) is 26.3 Å². The third-order valence-corrected chi connectivity index (χ3v) is 3.53. The van der Waals surface area contributed by atoms with Gasteiger partial charge in [0.05, 0.1) is 18.6 Å². The minimum Gasteiger partial charge on any atom is -0.377 e. The highest BCUT2D eigenvalue weighted by atomic mass is 127. The highest BCUT2D eigenvalue weighted by molar-refractivity contribution is 14.0. The number of carbonyl (C=O) groups is 1. The third kappa shape index (κ3) is 10.5. The summed E-state index contributed by atoms with van der Waals surface area (Å²) >= 11 is 0. The van der Waals surface area contributed by atoms with Gasteiger partial charge >= 0.3 is 0 Å². The Kier molecular flexibility index (Phi) is 12.2. The van der Waals surface area contributed by atoms with Crippen molar-refractivity contribution >= 4 is 35.8 Å². The lowest BCUT2D eigenvalue weighted by Gasteiger charge is -2.21. The van der Waals surface area contributed by atoms with E-state index in [2.05, 4.69) is 20.9 Å². The first-order valence-electron chi connectivity index (χ1n) is 8.45. The molecule has 0 atom stereocenters. The van der Waals surface area contributed by atoms with Gasteiger partial charge in [-0.1, -0.05) is 12.1 Å². The second-order valence-corrected chi connectivity index (χ2v) is 6.24. The van der Waals surface area contributed by atoms with E-state index in [-0.39, 0.29) is 47.7 Å². The largest absolute Gasteiger partial charge is 0.377 e. The summed E-state index contributed by atoms with van der Waals surface area (Å²) in [4.78, 5) is 16.3. The summed E-state index contributed by atoms with van der Waals surface area (Å²) < 4.78 is 18.2. The molecule has 0 saturated carbocycles. The van der Waals surface area contributed by atoms with Crippen LogP contribution in [0.2, 0.25) is 0 Å². The Morgan fingerprint density at radius 1 is 1.15 bits per heavy atom. The van der Waals surface area contributed by atoms with E-state index in [9.17, 15) is 9.18 Å². The van der Waals surface area contributed by atoms with Crippen LogP contribution in [0, 0.1) is 5.82 Å². The fourth-order valence-electron chi connectivity index (χ4n) is 1.91. The van der Waals surface area contributed by atoms with Gasteiger partial charge in [-0.25, -0.2) is 4.39 Å². The molecular formula is C18H30FIN4O2. The molecule has 1 amide bonds. The van der Waals surface area contributed by atoms with Crippen LogP contribution in [0.4, 0.5) is 4.39 Å². The number of rotatable bonds is 9. The van der Waals surface area contributed by atoms with Crippen molar-refractivity contribution in [3.63, 3.8) is 0 Å². The van der Waals surface area contributed by atoms with Gasteiger partial charge < -0.3 is 20.7 Å². The molecule has 0 aliphatic rings. The molecule has 0 unspecified atom stereocenters. The summed E-state index contributed by atoms with van der Waals surface area (Å²) in [6.45, 7) is 8.22. The van der Waals surface area contributed by atoms with Crippen LogP contribution >= 0.6 is 24.0 Å². The van der Waals surface area contributed by atoms with Crippen LogP contribution < -0.4 is 16.0 Å². The summed E-state index contributed by atoms with van der Waals surface area (Å²) in [5, 5.41) is 9.13. The van der Waals surface area contributed by atoms with E-state index in [0.717, 1.165) is 12.1 Å². The Morgan fingerprint density at radius 3 is 2.35 bits per heavy atom. The molecule has 148 valence electrons. The van der Waals surface area contributed by atoms with Gasteiger partial charge in [0.1, 0.15) is 5.82 Å². The first-order valence-corrected chi connectivity index (χ1v) is 8.45. The Hall–Kier alpha value is -1.42. The average molecular weight is 480 g/mol.